The SMILES string of the molecule is CCCCCNC(=O)c1c(O)c2c([nH]c1=O)CCCC2. The van der Waals surface area contributed by atoms with E-state index in [1.54, 1.807) is 0 Å². The topological polar surface area (TPSA) is 82.2 Å². The molecule has 0 spiro atoms. The average Bonchev–Trinajstić information content (AvgIpc) is 2.43. The van der Waals surface area contributed by atoms with Crippen LogP contribution in [0.25, 0.3) is 0 Å². The molecule has 0 saturated carbocycles. The molecule has 0 aromatic carbocycles. The lowest BCUT2D eigenvalue weighted by atomic mass is 9.93. The van der Waals surface area contributed by atoms with Gasteiger partial charge in [0.1, 0.15) is 11.3 Å². The van der Waals surface area contributed by atoms with Gasteiger partial charge in [0.2, 0.25) is 0 Å². The van der Waals surface area contributed by atoms with E-state index in [2.05, 4.69) is 17.2 Å². The molecule has 1 heterocycles. The second-order valence-corrected chi connectivity index (χ2v) is 5.30. The molecule has 5 heteroatoms. The molecular weight excluding hydrogens is 256 g/mol. The first-order valence-corrected chi connectivity index (χ1v) is 7.40. The number of hydrogen-bond donors (Lipinski definition) is 3. The molecule has 0 saturated heterocycles. The number of aromatic amines is 1. The number of carbonyl (C=O) groups is 1. The minimum absolute atomic E-state index is 0.128. The van der Waals surface area contributed by atoms with Gasteiger partial charge in [-0.1, -0.05) is 19.8 Å². The van der Waals surface area contributed by atoms with E-state index in [1.165, 1.54) is 0 Å². The van der Waals surface area contributed by atoms with Gasteiger partial charge in [0.05, 0.1) is 0 Å². The summed E-state index contributed by atoms with van der Waals surface area (Å²) in [6, 6.07) is 0. The molecule has 1 aliphatic carbocycles. The molecule has 20 heavy (non-hydrogen) atoms. The first-order valence-electron chi connectivity index (χ1n) is 7.40. The molecule has 0 bridgehead atoms. The third-order valence-corrected chi connectivity index (χ3v) is 3.77. The number of H-pyrrole nitrogens is 1. The summed E-state index contributed by atoms with van der Waals surface area (Å²) in [7, 11) is 0. The summed E-state index contributed by atoms with van der Waals surface area (Å²) in [6.45, 7) is 2.62. The minimum atomic E-state index is -0.490. The molecular formula is C15H22N2O3. The normalized spacial score (nSPS) is 13.8. The van der Waals surface area contributed by atoms with Gasteiger partial charge in [0.25, 0.3) is 11.5 Å². The fourth-order valence-corrected chi connectivity index (χ4v) is 2.64. The Hall–Kier alpha value is -1.78. The Morgan fingerprint density at radius 3 is 2.80 bits per heavy atom. The molecule has 1 aromatic rings. The van der Waals surface area contributed by atoms with E-state index in [0.717, 1.165) is 49.8 Å². The molecule has 0 aliphatic heterocycles. The third kappa shape index (κ3) is 3.03. The second kappa shape index (κ2) is 6.59. The van der Waals surface area contributed by atoms with Crippen molar-refractivity contribution in [3.63, 3.8) is 0 Å². The average molecular weight is 278 g/mol. The number of carbonyl (C=O) groups excluding carboxylic acids is 1. The van der Waals surface area contributed by atoms with E-state index in [9.17, 15) is 14.7 Å². The molecule has 110 valence electrons. The van der Waals surface area contributed by atoms with Crippen molar-refractivity contribution in [1.29, 1.82) is 0 Å². The van der Waals surface area contributed by atoms with E-state index in [0.29, 0.717) is 13.0 Å². The molecule has 3 N–H and O–H groups in total. The summed E-state index contributed by atoms with van der Waals surface area (Å²) in [5, 5.41) is 12.9. The van der Waals surface area contributed by atoms with Crippen LogP contribution in [-0.4, -0.2) is 22.5 Å². The van der Waals surface area contributed by atoms with Crippen LogP contribution in [0.3, 0.4) is 0 Å². The first-order chi connectivity index (χ1) is 9.65. The smallest absolute Gasteiger partial charge is 0.264 e. The van der Waals surface area contributed by atoms with Crippen molar-refractivity contribution in [3.8, 4) is 5.75 Å². The van der Waals surface area contributed by atoms with Gasteiger partial charge in [-0.3, -0.25) is 9.59 Å². The van der Waals surface area contributed by atoms with Gasteiger partial charge in [-0.25, -0.2) is 0 Å². The van der Waals surface area contributed by atoms with Crippen LogP contribution in [0.2, 0.25) is 0 Å². The number of fused-ring (bicyclic) bond motifs is 1. The standard InChI is InChI=1S/C15H22N2O3/c1-2-3-6-9-16-14(19)12-13(18)10-7-4-5-8-11(10)17-15(12)20/h2-9H2,1H3,(H,16,19)(H2,17,18,20). The summed E-state index contributed by atoms with van der Waals surface area (Å²) in [4.78, 5) is 26.8. The van der Waals surface area contributed by atoms with Crippen LogP contribution in [0.15, 0.2) is 4.79 Å². The quantitative estimate of drug-likeness (QED) is 0.719. The number of unbranched alkanes of at least 4 members (excludes halogenated alkanes) is 2. The Labute approximate surface area is 118 Å². The zero-order chi connectivity index (χ0) is 14.5. The summed E-state index contributed by atoms with van der Waals surface area (Å²) in [6.07, 6.45) is 6.44. The minimum Gasteiger partial charge on any atom is -0.507 e. The van der Waals surface area contributed by atoms with Crippen LogP contribution >= 0.6 is 0 Å². The number of hydrogen-bond acceptors (Lipinski definition) is 3. The summed E-state index contributed by atoms with van der Waals surface area (Å²) in [5.74, 6) is -0.607. The number of nitrogens with one attached hydrogen (secondary N) is 2. The van der Waals surface area contributed by atoms with Gasteiger partial charge >= 0.3 is 0 Å². The molecule has 1 amide bonds. The second-order valence-electron chi connectivity index (χ2n) is 5.30. The highest BCUT2D eigenvalue weighted by molar-refractivity contribution is 5.96. The number of pyridine rings is 1. The summed E-state index contributed by atoms with van der Waals surface area (Å²) < 4.78 is 0. The first kappa shape index (κ1) is 14.6. The monoisotopic (exact) mass is 278 g/mol. The molecule has 0 fully saturated rings. The van der Waals surface area contributed by atoms with Crippen molar-refractivity contribution >= 4 is 5.91 Å². The molecule has 5 nitrogen and oxygen atoms in total. The maximum atomic E-state index is 12.0. The number of aryl methyl sites for hydroxylation is 1. The maximum absolute atomic E-state index is 12.0. The highest BCUT2D eigenvalue weighted by Crippen LogP contribution is 2.28. The zero-order valence-corrected chi connectivity index (χ0v) is 11.9. The number of aromatic nitrogens is 1. The van der Waals surface area contributed by atoms with Crippen molar-refractivity contribution < 1.29 is 9.90 Å². The molecule has 2 rings (SSSR count). The van der Waals surface area contributed by atoms with Crippen LogP contribution < -0.4 is 10.9 Å². The Balaban J connectivity index is 2.19. The number of amides is 1. The highest BCUT2D eigenvalue weighted by Gasteiger charge is 2.23. The lowest BCUT2D eigenvalue weighted by Gasteiger charge is -2.18. The van der Waals surface area contributed by atoms with E-state index in [4.69, 9.17) is 0 Å². The number of aromatic hydroxyl groups is 1. The lowest BCUT2D eigenvalue weighted by Crippen LogP contribution is -2.32. The van der Waals surface area contributed by atoms with E-state index in [-0.39, 0.29) is 11.3 Å². The maximum Gasteiger partial charge on any atom is 0.264 e. The Kier molecular flexibility index (Phi) is 4.82. The van der Waals surface area contributed by atoms with Crippen molar-refractivity contribution in [2.75, 3.05) is 6.54 Å². The van der Waals surface area contributed by atoms with Gasteiger partial charge in [0, 0.05) is 17.8 Å². The van der Waals surface area contributed by atoms with Crippen LogP contribution in [0.4, 0.5) is 0 Å². The Morgan fingerprint density at radius 1 is 1.30 bits per heavy atom. The molecule has 0 unspecified atom stereocenters. The molecule has 0 atom stereocenters. The third-order valence-electron chi connectivity index (χ3n) is 3.77. The zero-order valence-electron chi connectivity index (χ0n) is 11.9. The van der Waals surface area contributed by atoms with Gasteiger partial charge in [-0.15, -0.1) is 0 Å². The van der Waals surface area contributed by atoms with Crippen LogP contribution in [0.5, 0.6) is 5.75 Å². The van der Waals surface area contributed by atoms with Crippen molar-refractivity contribution in [1.82, 2.24) is 10.3 Å². The van der Waals surface area contributed by atoms with Gasteiger partial charge in [-0.2, -0.15) is 0 Å². The Morgan fingerprint density at radius 2 is 2.05 bits per heavy atom. The van der Waals surface area contributed by atoms with Gasteiger partial charge in [-0.05, 0) is 32.1 Å². The van der Waals surface area contributed by atoms with Gasteiger partial charge in [0.15, 0.2) is 0 Å². The highest BCUT2D eigenvalue weighted by atomic mass is 16.3. The molecule has 0 radical (unpaired) electrons. The van der Waals surface area contributed by atoms with E-state index < -0.39 is 11.5 Å². The van der Waals surface area contributed by atoms with Crippen molar-refractivity contribution in [3.05, 3.63) is 27.2 Å². The fraction of sp³-hybridized carbons (Fsp3) is 0.600. The van der Waals surface area contributed by atoms with E-state index >= 15 is 0 Å². The van der Waals surface area contributed by atoms with Crippen molar-refractivity contribution in [2.24, 2.45) is 0 Å². The van der Waals surface area contributed by atoms with Crippen LogP contribution in [0.1, 0.15) is 60.6 Å². The van der Waals surface area contributed by atoms with Crippen LogP contribution in [0, 0.1) is 0 Å². The lowest BCUT2D eigenvalue weighted by molar-refractivity contribution is 0.0948. The van der Waals surface area contributed by atoms with Crippen molar-refractivity contribution in [2.45, 2.75) is 51.9 Å². The van der Waals surface area contributed by atoms with E-state index in [1.807, 2.05) is 0 Å². The predicted molar refractivity (Wildman–Crippen MR) is 77.2 cm³/mol. The fourth-order valence-electron chi connectivity index (χ4n) is 2.64. The van der Waals surface area contributed by atoms with Crippen LogP contribution in [-0.2, 0) is 12.8 Å². The largest absolute Gasteiger partial charge is 0.507 e. The Bertz CT molecular complexity index is 549. The molecule has 1 aromatic heterocycles. The summed E-state index contributed by atoms with van der Waals surface area (Å²) >= 11 is 0. The number of rotatable bonds is 5. The predicted octanol–water partition coefficient (Wildman–Crippen LogP) is 1.88. The van der Waals surface area contributed by atoms with Gasteiger partial charge < -0.3 is 15.4 Å². The summed E-state index contributed by atoms with van der Waals surface area (Å²) in [5.41, 5.74) is 0.883. The molecule has 1 aliphatic rings.